The van der Waals surface area contributed by atoms with Crippen LogP contribution in [0.3, 0.4) is 0 Å². The number of carbonyl (C=O) groups is 1. The van der Waals surface area contributed by atoms with Gasteiger partial charge in [0, 0.05) is 24.9 Å². The molecule has 0 radical (unpaired) electrons. The van der Waals surface area contributed by atoms with Crippen LogP contribution in [0, 0.1) is 0 Å². The SMILES string of the molecule is CN(Cc1ccccn1)C(=O)c1cc(C2CC2)n(C(C)(C)C)n1. The Morgan fingerprint density at radius 1 is 1.35 bits per heavy atom. The average molecular weight is 312 g/mol. The number of hydrogen-bond acceptors (Lipinski definition) is 3. The third-order valence-corrected chi connectivity index (χ3v) is 4.06. The molecule has 5 nitrogen and oxygen atoms in total. The number of pyridine rings is 1. The van der Waals surface area contributed by atoms with Gasteiger partial charge >= 0.3 is 0 Å². The molecule has 0 N–H and O–H groups in total. The molecular weight excluding hydrogens is 288 g/mol. The van der Waals surface area contributed by atoms with E-state index < -0.39 is 0 Å². The molecule has 0 spiro atoms. The van der Waals surface area contributed by atoms with E-state index in [1.807, 2.05) is 28.9 Å². The van der Waals surface area contributed by atoms with Crippen molar-refractivity contribution >= 4 is 5.91 Å². The molecule has 0 aliphatic heterocycles. The number of aromatic nitrogens is 3. The fourth-order valence-corrected chi connectivity index (χ4v) is 2.71. The van der Waals surface area contributed by atoms with Gasteiger partial charge in [-0.25, -0.2) is 0 Å². The van der Waals surface area contributed by atoms with Gasteiger partial charge in [0.15, 0.2) is 5.69 Å². The smallest absolute Gasteiger partial charge is 0.274 e. The average Bonchev–Trinajstić information content (AvgIpc) is 3.24. The second kappa shape index (κ2) is 5.80. The largest absolute Gasteiger partial charge is 0.334 e. The molecule has 1 amide bonds. The first-order chi connectivity index (χ1) is 10.9. The number of carbonyl (C=O) groups excluding carboxylic acids is 1. The van der Waals surface area contributed by atoms with E-state index in [0.717, 1.165) is 5.69 Å². The van der Waals surface area contributed by atoms with Gasteiger partial charge in [0.2, 0.25) is 0 Å². The van der Waals surface area contributed by atoms with Crippen molar-refractivity contribution in [2.75, 3.05) is 7.05 Å². The summed E-state index contributed by atoms with van der Waals surface area (Å²) in [5.41, 5.74) is 2.48. The molecule has 1 aliphatic rings. The van der Waals surface area contributed by atoms with Crippen LogP contribution in [0.15, 0.2) is 30.5 Å². The highest BCUT2D eigenvalue weighted by atomic mass is 16.2. The van der Waals surface area contributed by atoms with Gasteiger partial charge in [-0.1, -0.05) is 6.07 Å². The third-order valence-electron chi connectivity index (χ3n) is 4.06. The van der Waals surface area contributed by atoms with Gasteiger partial charge in [-0.15, -0.1) is 0 Å². The number of nitrogens with zero attached hydrogens (tertiary/aromatic N) is 4. The monoisotopic (exact) mass is 312 g/mol. The Bertz CT molecular complexity index is 696. The van der Waals surface area contributed by atoms with E-state index in [1.165, 1.54) is 18.5 Å². The second-order valence-electron chi connectivity index (χ2n) is 7.29. The van der Waals surface area contributed by atoms with Crippen molar-refractivity contribution in [3.63, 3.8) is 0 Å². The maximum absolute atomic E-state index is 12.7. The normalized spacial score (nSPS) is 14.8. The van der Waals surface area contributed by atoms with E-state index in [-0.39, 0.29) is 11.4 Å². The quantitative estimate of drug-likeness (QED) is 0.871. The maximum atomic E-state index is 12.7. The summed E-state index contributed by atoms with van der Waals surface area (Å²) in [5, 5.41) is 4.61. The molecule has 1 saturated carbocycles. The zero-order valence-corrected chi connectivity index (χ0v) is 14.3. The van der Waals surface area contributed by atoms with Crippen molar-refractivity contribution < 1.29 is 4.79 Å². The molecule has 2 aromatic rings. The number of hydrogen-bond donors (Lipinski definition) is 0. The lowest BCUT2D eigenvalue weighted by molar-refractivity contribution is 0.0776. The molecule has 1 aliphatic carbocycles. The third kappa shape index (κ3) is 3.44. The molecule has 0 unspecified atom stereocenters. The van der Waals surface area contributed by atoms with Gasteiger partial charge in [-0.2, -0.15) is 5.10 Å². The second-order valence-corrected chi connectivity index (χ2v) is 7.29. The van der Waals surface area contributed by atoms with Gasteiger partial charge in [-0.3, -0.25) is 14.5 Å². The summed E-state index contributed by atoms with van der Waals surface area (Å²) in [7, 11) is 1.80. The Kier molecular flexibility index (Phi) is 3.96. The van der Waals surface area contributed by atoms with Gasteiger partial charge in [0.1, 0.15) is 0 Å². The zero-order valence-electron chi connectivity index (χ0n) is 14.3. The molecular formula is C18H24N4O. The highest BCUT2D eigenvalue weighted by Crippen LogP contribution is 2.41. The van der Waals surface area contributed by atoms with Gasteiger partial charge in [0.05, 0.1) is 17.8 Å². The number of rotatable bonds is 4. The molecule has 0 atom stereocenters. The lowest BCUT2D eigenvalue weighted by Crippen LogP contribution is -2.29. The van der Waals surface area contributed by atoms with Crippen LogP contribution in [0.1, 0.15) is 61.4 Å². The molecule has 2 heterocycles. The Hall–Kier alpha value is -2.17. The van der Waals surface area contributed by atoms with Crippen molar-refractivity contribution in [3.8, 4) is 0 Å². The molecule has 0 bridgehead atoms. The van der Waals surface area contributed by atoms with Crippen molar-refractivity contribution in [3.05, 3.63) is 47.5 Å². The lowest BCUT2D eigenvalue weighted by Gasteiger charge is -2.22. The van der Waals surface area contributed by atoms with Crippen LogP contribution in [0.2, 0.25) is 0 Å². The van der Waals surface area contributed by atoms with Crippen LogP contribution in [-0.2, 0) is 12.1 Å². The summed E-state index contributed by atoms with van der Waals surface area (Å²) in [4.78, 5) is 18.7. The summed E-state index contributed by atoms with van der Waals surface area (Å²) in [6.07, 6.45) is 4.13. The summed E-state index contributed by atoms with van der Waals surface area (Å²) < 4.78 is 2.02. The summed E-state index contributed by atoms with van der Waals surface area (Å²) in [6.45, 7) is 6.86. The standard InChI is InChI=1S/C18H24N4O/c1-18(2,3)22-16(13-8-9-13)11-15(20-22)17(23)21(4)12-14-7-5-6-10-19-14/h5-7,10-11,13H,8-9,12H2,1-4H3. The van der Waals surface area contributed by atoms with E-state index in [4.69, 9.17) is 0 Å². The molecule has 2 aromatic heterocycles. The number of amides is 1. The van der Waals surface area contributed by atoms with Crippen LogP contribution in [0.4, 0.5) is 0 Å². The first-order valence-corrected chi connectivity index (χ1v) is 8.12. The predicted molar refractivity (Wildman–Crippen MR) is 89.2 cm³/mol. The molecule has 0 saturated heterocycles. The Morgan fingerprint density at radius 2 is 2.09 bits per heavy atom. The Labute approximate surface area is 137 Å². The molecule has 122 valence electrons. The Morgan fingerprint density at radius 3 is 2.65 bits per heavy atom. The van der Waals surface area contributed by atoms with E-state index in [1.54, 1.807) is 18.1 Å². The first kappa shape index (κ1) is 15.7. The summed E-state index contributed by atoms with van der Waals surface area (Å²) >= 11 is 0. The van der Waals surface area contributed by atoms with Crippen molar-refractivity contribution in [2.45, 2.75) is 51.6 Å². The molecule has 3 rings (SSSR count). The van der Waals surface area contributed by atoms with Gasteiger partial charge in [0.25, 0.3) is 5.91 Å². The van der Waals surface area contributed by atoms with E-state index in [2.05, 4.69) is 30.9 Å². The van der Waals surface area contributed by atoms with Crippen LogP contribution in [-0.4, -0.2) is 32.6 Å². The molecule has 23 heavy (non-hydrogen) atoms. The van der Waals surface area contributed by atoms with Crippen molar-refractivity contribution in [1.82, 2.24) is 19.7 Å². The van der Waals surface area contributed by atoms with Crippen LogP contribution in [0.5, 0.6) is 0 Å². The van der Waals surface area contributed by atoms with Crippen LogP contribution < -0.4 is 0 Å². The summed E-state index contributed by atoms with van der Waals surface area (Å²) in [6, 6.07) is 7.70. The van der Waals surface area contributed by atoms with E-state index in [0.29, 0.717) is 18.2 Å². The van der Waals surface area contributed by atoms with Crippen molar-refractivity contribution in [1.29, 1.82) is 0 Å². The highest BCUT2D eigenvalue weighted by molar-refractivity contribution is 5.92. The minimum atomic E-state index is -0.115. The highest BCUT2D eigenvalue weighted by Gasteiger charge is 2.33. The van der Waals surface area contributed by atoms with Gasteiger partial charge in [-0.05, 0) is 51.8 Å². The minimum absolute atomic E-state index is 0.0550. The van der Waals surface area contributed by atoms with Crippen molar-refractivity contribution in [2.24, 2.45) is 0 Å². The van der Waals surface area contributed by atoms with E-state index in [9.17, 15) is 4.79 Å². The van der Waals surface area contributed by atoms with E-state index >= 15 is 0 Å². The lowest BCUT2D eigenvalue weighted by atomic mass is 10.1. The fraction of sp³-hybridized carbons (Fsp3) is 0.500. The van der Waals surface area contributed by atoms with Crippen LogP contribution >= 0.6 is 0 Å². The first-order valence-electron chi connectivity index (χ1n) is 8.12. The topological polar surface area (TPSA) is 51.0 Å². The predicted octanol–water partition coefficient (Wildman–Crippen LogP) is 3.18. The zero-order chi connectivity index (χ0) is 16.6. The summed E-state index contributed by atoms with van der Waals surface area (Å²) in [5.74, 6) is 0.505. The maximum Gasteiger partial charge on any atom is 0.274 e. The Balaban J connectivity index is 1.82. The fourth-order valence-electron chi connectivity index (χ4n) is 2.71. The molecule has 1 fully saturated rings. The van der Waals surface area contributed by atoms with Gasteiger partial charge < -0.3 is 4.90 Å². The van der Waals surface area contributed by atoms with Crippen LogP contribution in [0.25, 0.3) is 0 Å². The molecule has 0 aromatic carbocycles. The molecule has 5 heteroatoms. The minimum Gasteiger partial charge on any atom is -0.334 e.